The van der Waals surface area contributed by atoms with Crippen molar-refractivity contribution in [2.75, 3.05) is 5.32 Å². The maximum absolute atomic E-state index is 12.6. The molecule has 0 aliphatic carbocycles. The number of carbonyl (C=O) groups is 1. The van der Waals surface area contributed by atoms with Gasteiger partial charge >= 0.3 is 0 Å². The lowest BCUT2D eigenvalue weighted by Crippen LogP contribution is -2.26. The van der Waals surface area contributed by atoms with Crippen LogP contribution in [0, 0.1) is 6.92 Å². The monoisotopic (exact) mass is 415 g/mol. The highest BCUT2D eigenvalue weighted by molar-refractivity contribution is 9.10. The first-order valence-electron chi connectivity index (χ1n) is 8.20. The van der Waals surface area contributed by atoms with Crippen molar-refractivity contribution in [1.29, 1.82) is 0 Å². The summed E-state index contributed by atoms with van der Waals surface area (Å²) in [5.74, 6) is 0.131. The Bertz CT molecular complexity index is 1010. The van der Waals surface area contributed by atoms with E-state index in [1.165, 1.54) is 16.8 Å². The molecule has 0 atom stereocenters. The minimum Gasteiger partial charge on any atom is -0.305 e. The van der Waals surface area contributed by atoms with Crippen LogP contribution < -0.4 is 10.9 Å². The molecule has 0 aliphatic heterocycles. The first-order chi connectivity index (χ1) is 12.5. The van der Waals surface area contributed by atoms with Crippen LogP contribution >= 0.6 is 15.9 Å². The van der Waals surface area contributed by atoms with Gasteiger partial charge < -0.3 is 5.32 Å². The number of amides is 1. The van der Waals surface area contributed by atoms with Gasteiger partial charge in [-0.1, -0.05) is 28.9 Å². The molecule has 0 saturated heterocycles. The average molecular weight is 416 g/mol. The fraction of sp³-hybridized carbons (Fsp3) is 0.222. The number of halogens is 1. The van der Waals surface area contributed by atoms with Gasteiger partial charge in [0.1, 0.15) is 11.5 Å². The standard InChI is InChI=1S/C18H18BrN5O2/c1-3-9-23-17(25)8-7-15(22-23)18(26)20-16-10-12(2)21-24(16)14-6-4-5-13(19)11-14/h4-8,10-11H,3,9H2,1-2H3,(H,20,26). The zero-order valence-corrected chi connectivity index (χ0v) is 16.0. The molecule has 3 aromatic rings. The quantitative estimate of drug-likeness (QED) is 0.693. The third-order valence-corrected chi connectivity index (χ3v) is 4.15. The lowest BCUT2D eigenvalue weighted by molar-refractivity contribution is 0.101. The van der Waals surface area contributed by atoms with Crippen molar-refractivity contribution in [3.05, 3.63) is 68.7 Å². The van der Waals surface area contributed by atoms with Crippen molar-refractivity contribution in [2.45, 2.75) is 26.8 Å². The Kier molecular flexibility index (Phi) is 5.32. The summed E-state index contributed by atoms with van der Waals surface area (Å²) >= 11 is 3.44. The van der Waals surface area contributed by atoms with E-state index in [1.54, 1.807) is 10.7 Å². The van der Waals surface area contributed by atoms with Crippen molar-refractivity contribution in [3.63, 3.8) is 0 Å². The van der Waals surface area contributed by atoms with Gasteiger partial charge in [-0.15, -0.1) is 0 Å². The Hall–Kier alpha value is -2.74. The first kappa shape index (κ1) is 18.1. The Morgan fingerprint density at radius 3 is 2.73 bits per heavy atom. The van der Waals surface area contributed by atoms with Crippen LogP contribution in [0.2, 0.25) is 0 Å². The number of hydrogen-bond donors (Lipinski definition) is 1. The number of anilines is 1. The first-order valence-corrected chi connectivity index (χ1v) is 8.99. The number of carbonyl (C=O) groups excluding carboxylic acids is 1. The van der Waals surface area contributed by atoms with Crippen LogP contribution in [0.5, 0.6) is 0 Å². The van der Waals surface area contributed by atoms with Gasteiger partial charge in [-0.05, 0) is 37.6 Å². The molecule has 3 rings (SSSR count). The molecule has 1 amide bonds. The van der Waals surface area contributed by atoms with Gasteiger partial charge in [-0.25, -0.2) is 9.36 Å². The van der Waals surface area contributed by atoms with Crippen molar-refractivity contribution in [1.82, 2.24) is 19.6 Å². The van der Waals surface area contributed by atoms with Crippen molar-refractivity contribution in [3.8, 4) is 5.69 Å². The number of benzene rings is 1. The van der Waals surface area contributed by atoms with Gasteiger partial charge in [0.15, 0.2) is 0 Å². The topological polar surface area (TPSA) is 81.8 Å². The average Bonchev–Trinajstić information content (AvgIpc) is 2.97. The van der Waals surface area contributed by atoms with Crippen LogP contribution in [0.15, 0.2) is 51.7 Å². The van der Waals surface area contributed by atoms with E-state index in [4.69, 9.17) is 0 Å². The molecule has 7 nitrogen and oxygen atoms in total. The predicted octanol–water partition coefficient (Wildman–Crippen LogP) is 3.16. The SMILES string of the molecule is CCCn1nc(C(=O)Nc2cc(C)nn2-c2cccc(Br)c2)ccc1=O. The molecule has 2 aromatic heterocycles. The minimum absolute atomic E-state index is 0.178. The summed E-state index contributed by atoms with van der Waals surface area (Å²) < 4.78 is 3.86. The van der Waals surface area contributed by atoms with Gasteiger partial charge in [0.25, 0.3) is 11.5 Å². The molecule has 0 radical (unpaired) electrons. The lowest BCUT2D eigenvalue weighted by Gasteiger charge is -2.10. The second-order valence-corrected chi connectivity index (χ2v) is 6.71. The van der Waals surface area contributed by atoms with E-state index in [-0.39, 0.29) is 11.3 Å². The number of nitrogens with one attached hydrogen (secondary N) is 1. The molecule has 1 N–H and O–H groups in total. The molecule has 0 spiro atoms. The zero-order valence-electron chi connectivity index (χ0n) is 14.4. The zero-order chi connectivity index (χ0) is 18.7. The fourth-order valence-electron chi connectivity index (χ4n) is 2.52. The fourth-order valence-corrected chi connectivity index (χ4v) is 2.90. The van der Waals surface area contributed by atoms with E-state index < -0.39 is 5.91 Å². The van der Waals surface area contributed by atoms with Crippen LogP contribution in [0.3, 0.4) is 0 Å². The van der Waals surface area contributed by atoms with Gasteiger partial charge in [-0.2, -0.15) is 10.2 Å². The largest absolute Gasteiger partial charge is 0.305 e. The molecule has 2 heterocycles. The Morgan fingerprint density at radius 2 is 2.00 bits per heavy atom. The van der Waals surface area contributed by atoms with Gasteiger partial charge in [0.05, 0.1) is 11.4 Å². The highest BCUT2D eigenvalue weighted by Gasteiger charge is 2.14. The summed E-state index contributed by atoms with van der Waals surface area (Å²) in [4.78, 5) is 24.4. The number of hydrogen-bond acceptors (Lipinski definition) is 4. The third kappa shape index (κ3) is 3.91. The summed E-state index contributed by atoms with van der Waals surface area (Å²) in [5, 5.41) is 11.4. The van der Waals surface area contributed by atoms with Crippen LogP contribution in [0.25, 0.3) is 5.69 Å². The number of aryl methyl sites for hydroxylation is 2. The molecular weight excluding hydrogens is 398 g/mol. The Balaban J connectivity index is 1.91. The summed E-state index contributed by atoms with van der Waals surface area (Å²) in [6.07, 6.45) is 0.757. The Morgan fingerprint density at radius 1 is 1.19 bits per heavy atom. The van der Waals surface area contributed by atoms with Crippen LogP contribution in [0.1, 0.15) is 29.5 Å². The van der Waals surface area contributed by atoms with Crippen molar-refractivity contribution >= 4 is 27.7 Å². The van der Waals surface area contributed by atoms with E-state index in [1.807, 2.05) is 38.1 Å². The molecule has 0 saturated carbocycles. The van der Waals surface area contributed by atoms with E-state index in [0.717, 1.165) is 22.3 Å². The number of rotatable bonds is 5. The maximum Gasteiger partial charge on any atom is 0.277 e. The molecule has 26 heavy (non-hydrogen) atoms. The van der Waals surface area contributed by atoms with Crippen molar-refractivity contribution in [2.24, 2.45) is 0 Å². The summed E-state index contributed by atoms with van der Waals surface area (Å²) in [6, 6.07) is 12.2. The normalized spacial score (nSPS) is 10.7. The molecule has 134 valence electrons. The smallest absolute Gasteiger partial charge is 0.277 e. The molecule has 8 heteroatoms. The summed E-state index contributed by atoms with van der Waals surface area (Å²) in [5.41, 5.74) is 1.53. The van der Waals surface area contributed by atoms with Crippen LogP contribution in [-0.2, 0) is 6.54 Å². The molecule has 0 fully saturated rings. The Labute approximate surface area is 158 Å². The second-order valence-electron chi connectivity index (χ2n) is 5.80. The highest BCUT2D eigenvalue weighted by Crippen LogP contribution is 2.20. The summed E-state index contributed by atoms with van der Waals surface area (Å²) in [6.45, 7) is 4.26. The van der Waals surface area contributed by atoms with E-state index in [0.29, 0.717) is 12.4 Å². The van der Waals surface area contributed by atoms with Crippen molar-refractivity contribution < 1.29 is 4.79 Å². The minimum atomic E-state index is -0.397. The lowest BCUT2D eigenvalue weighted by atomic mass is 10.3. The highest BCUT2D eigenvalue weighted by atomic mass is 79.9. The van der Waals surface area contributed by atoms with Gasteiger partial charge in [0, 0.05) is 23.2 Å². The predicted molar refractivity (Wildman–Crippen MR) is 103 cm³/mol. The number of aromatic nitrogens is 4. The van der Waals surface area contributed by atoms with E-state index >= 15 is 0 Å². The third-order valence-electron chi connectivity index (χ3n) is 3.66. The number of nitrogens with zero attached hydrogens (tertiary/aromatic N) is 4. The maximum atomic E-state index is 12.6. The van der Waals surface area contributed by atoms with Gasteiger partial charge in [0.2, 0.25) is 0 Å². The molecule has 1 aromatic carbocycles. The van der Waals surface area contributed by atoms with Gasteiger partial charge in [-0.3, -0.25) is 9.59 Å². The summed E-state index contributed by atoms with van der Waals surface area (Å²) in [7, 11) is 0. The second kappa shape index (κ2) is 7.65. The van der Waals surface area contributed by atoms with Crippen LogP contribution in [-0.4, -0.2) is 25.5 Å². The van der Waals surface area contributed by atoms with Crippen LogP contribution in [0.4, 0.5) is 5.82 Å². The molecule has 0 aliphatic rings. The molecule has 0 bridgehead atoms. The molecular formula is C18H18BrN5O2. The van der Waals surface area contributed by atoms with E-state index in [9.17, 15) is 9.59 Å². The van der Waals surface area contributed by atoms with E-state index in [2.05, 4.69) is 31.4 Å². The molecule has 0 unspecified atom stereocenters.